The minimum absolute atomic E-state index is 0.0104. The molecule has 1 atom stereocenters. The first-order valence-corrected chi connectivity index (χ1v) is 15.3. The fraction of sp³-hybridized carbons (Fsp3) is 0.333. The molecule has 0 radical (unpaired) electrons. The summed E-state index contributed by atoms with van der Waals surface area (Å²) in [4.78, 5) is 13.7. The van der Waals surface area contributed by atoms with Gasteiger partial charge in [-0.25, -0.2) is 13.1 Å². The van der Waals surface area contributed by atoms with Gasteiger partial charge in [-0.2, -0.15) is 19.3 Å². The summed E-state index contributed by atoms with van der Waals surface area (Å²) in [6.07, 6.45) is 8.49. The Labute approximate surface area is 237 Å². The lowest BCUT2D eigenvalue weighted by Crippen LogP contribution is -2.36. The topological polar surface area (TPSA) is 108 Å². The molecule has 1 aliphatic heterocycles. The first kappa shape index (κ1) is 25.8. The molecule has 5 aromatic rings. The molecule has 11 heteroatoms. The lowest BCUT2D eigenvalue weighted by molar-refractivity contribution is 0.412. The lowest BCUT2D eigenvalue weighted by Gasteiger charge is -2.32. The van der Waals surface area contributed by atoms with Gasteiger partial charge in [-0.15, -0.1) is 5.10 Å². The number of rotatable bonds is 7. The van der Waals surface area contributed by atoms with Crippen LogP contribution in [-0.4, -0.2) is 55.2 Å². The van der Waals surface area contributed by atoms with E-state index in [1.807, 2.05) is 45.9 Å². The van der Waals surface area contributed by atoms with Crippen LogP contribution in [0.25, 0.3) is 16.6 Å². The van der Waals surface area contributed by atoms with Crippen LogP contribution in [0.4, 0.5) is 0 Å². The summed E-state index contributed by atoms with van der Waals surface area (Å²) < 4.78 is 32.3. The molecule has 1 saturated carbocycles. The Kier molecular flexibility index (Phi) is 5.98. The van der Waals surface area contributed by atoms with Crippen LogP contribution in [0.2, 0.25) is 0 Å². The molecule has 3 aromatic heterocycles. The second-order valence-corrected chi connectivity index (χ2v) is 13.2. The zero-order valence-corrected chi connectivity index (χ0v) is 23.8. The van der Waals surface area contributed by atoms with E-state index in [0.29, 0.717) is 25.9 Å². The van der Waals surface area contributed by atoms with Crippen molar-refractivity contribution in [2.24, 2.45) is 7.05 Å². The third kappa shape index (κ3) is 4.49. The summed E-state index contributed by atoms with van der Waals surface area (Å²) in [6.45, 7) is 2.82. The van der Waals surface area contributed by atoms with Crippen LogP contribution >= 0.6 is 0 Å². The maximum absolute atomic E-state index is 13.6. The number of hydrogen-bond donors (Lipinski definition) is 0. The standard InChI is InChI=1S/C30H31N7O3S/c1-21-14-27-23(17-32-37(27)25-10-11-29(38)36(19-25)24-8-9-24)15-26(21)30(16-22-6-4-3-5-7-22)12-13-35(20-30)41(39,40)28-18-31-34(2)33-28/h3-7,10-11,14-15,17-19,24H,8-9,12-13,16,20H2,1-2H3. The number of hydrogen-bond acceptors (Lipinski definition) is 6. The van der Waals surface area contributed by atoms with Gasteiger partial charge in [0.05, 0.1) is 23.6 Å². The number of fused-ring (bicyclic) bond motifs is 1. The van der Waals surface area contributed by atoms with Crippen molar-refractivity contribution in [1.29, 1.82) is 0 Å². The molecule has 2 aromatic carbocycles. The van der Waals surface area contributed by atoms with E-state index in [-0.39, 0.29) is 16.6 Å². The molecule has 0 amide bonds. The van der Waals surface area contributed by atoms with Crippen molar-refractivity contribution in [2.75, 3.05) is 13.1 Å². The Hall–Kier alpha value is -4.09. The van der Waals surface area contributed by atoms with Crippen molar-refractivity contribution >= 4 is 20.9 Å². The summed E-state index contributed by atoms with van der Waals surface area (Å²) in [7, 11) is -2.18. The minimum atomic E-state index is -3.79. The maximum Gasteiger partial charge on any atom is 0.264 e. The van der Waals surface area contributed by atoms with Crippen LogP contribution in [0, 0.1) is 6.92 Å². The van der Waals surface area contributed by atoms with Gasteiger partial charge in [-0.05, 0) is 67.5 Å². The smallest absolute Gasteiger partial charge is 0.264 e. The molecule has 41 heavy (non-hydrogen) atoms. The van der Waals surface area contributed by atoms with E-state index in [4.69, 9.17) is 5.10 Å². The Morgan fingerprint density at radius 3 is 2.56 bits per heavy atom. The molecule has 1 aliphatic carbocycles. The minimum Gasteiger partial charge on any atom is -0.310 e. The molecule has 0 bridgehead atoms. The lowest BCUT2D eigenvalue weighted by atomic mass is 9.73. The van der Waals surface area contributed by atoms with Crippen LogP contribution in [0.15, 0.2) is 83.0 Å². The number of pyridine rings is 1. The number of aromatic nitrogens is 6. The van der Waals surface area contributed by atoms with Crippen LogP contribution in [0.5, 0.6) is 0 Å². The molecule has 2 fully saturated rings. The van der Waals surface area contributed by atoms with Gasteiger partial charge in [0.25, 0.3) is 15.6 Å². The first-order valence-electron chi connectivity index (χ1n) is 13.9. The first-order chi connectivity index (χ1) is 19.7. The third-order valence-corrected chi connectivity index (χ3v) is 10.2. The van der Waals surface area contributed by atoms with Crippen molar-refractivity contribution in [3.05, 3.63) is 100 Å². The quantitative estimate of drug-likeness (QED) is 0.297. The maximum atomic E-state index is 13.6. The van der Waals surface area contributed by atoms with Crippen molar-refractivity contribution < 1.29 is 8.42 Å². The average molecular weight is 570 g/mol. The van der Waals surface area contributed by atoms with Crippen LogP contribution in [0.3, 0.4) is 0 Å². The summed E-state index contributed by atoms with van der Waals surface area (Å²) in [5.41, 5.74) is 4.72. The number of nitrogens with zero attached hydrogens (tertiary/aromatic N) is 7. The number of aryl methyl sites for hydroxylation is 2. The molecule has 4 heterocycles. The number of sulfonamides is 1. The molecule has 1 saturated heterocycles. The van der Waals surface area contributed by atoms with Gasteiger partial charge in [-0.1, -0.05) is 30.3 Å². The van der Waals surface area contributed by atoms with E-state index in [2.05, 4.69) is 41.4 Å². The summed E-state index contributed by atoms with van der Waals surface area (Å²) in [5.74, 6) is 0. The van der Waals surface area contributed by atoms with Crippen molar-refractivity contribution in [2.45, 2.75) is 49.1 Å². The highest BCUT2D eigenvalue weighted by Gasteiger charge is 2.45. The highest BCUT2D eigenvalue weighted by molar-refractivity contribution is 7.89. The Morgan fingerprint density at radius 2 is 1.83 bits per heavy atom. The summed E-state index contributed by atoms with van der Waals surface area (Å²) in [5, 5.41) is 13.7. The largest absolute Gasteiger partial charge is 0.310 e. The fourth-order valence-corrected chi connectivity index (χ4v) is 7.69. The highest BCUT2D eigenvalue weighted by Crippen LogP contribution is 2.42. The van der Waals surface area contributed by atoms with E-state index in [9.17, 15) is 13.2 Å². The Morgan fingerprint density at radius 1 is 1.02 bits per heavy atom. The zero-order chi connectivity index (χ0) is 28.4. The van der Waals surface area contributed by atoms with Crippen LogP contribution in [0.1, 0.15) is 42.0 Å². The van der Waals surface area contributed by atoms with Crippen LogP contribution in [-0.2, 0) is 28.9 Å². The molecule has 0 spiro atoms. The third-order valence-electron chi connectivity index (χ3n) is 8.48. The van der Waals surface area contributed by atoms with Crippen molar-refractivity contribution in [3.63, 3.8) is 0 Å². The Bertz CT molecular complexity index is 1940. The molecule has 210 valence electrons. The molecule has 2 aliphatic rings. The van der Waals surface area contributed by atoms with E-state index < -0.39 is 15.4 Å². The van der Waals surface area contributed by atoms with E-state index in [1.54, 1.807) is 17.4 Å². The van der Waals surface area contributed by atoms with Gasteiger partial charge >= 0.3 is 0 Å². The van der Waals surface area contributed by atoms with Gasteiger partial charge in [0.15, 0.2) is 0 Å². The predicted molar refractivity (Wildman–Crippen MR) is 155 cm³/mol. The zero-order valence-electron chi connectivity index (χ0n) is 23.0. The summed E-state index contributed by atoms with van der Waals surface area (Å²) >= 11 is 0. The Balaban J connectivity index is 1.31. The normalized spacial score (nSPS) is 19.8. The van der Waals surface area contributed by atoms with E-state index >= 15 is 0 Å². The average Bonchev–Trinajstić information content (AvgIpc) is 3.33. The van der Waals surface area contributed by atoms with Gasteiger partial charge in [-0.3, -0.25) is 4.79 Å². The molecule has 0 N–H and O–H groups in total. The molecular weight excluding hydrogens is 538 g/mol. The fourth-order valence-electron chi connectivity index (χ4n) is 6.27. The molecule has 1 unspecified atom stereocenters. The monoisotopic (exact) mass is 569 g/mol. The van der Waals surface area contributed by atoms with Crippen LogP contribution < -0.4 is 5.56 Å². The van der Waals surface area contributed by atoms with E-state index in [1.165, 1.54) is 11.0 Å². The van der Waals surface area contributed by atoms with E-state index in [0.717, 1.165) is 46.1 Å². The molecule has 10 nitrogen and oxygen atoms in total. The van der Waals surface area contributed by atoms with Gasteiger partial charge < -0.3 is 4.57 Å². The van der Waals surface area contributed by atoms with Gasteiger partial charge in [0.1, 0.15) is 0 Å². The molecular formula is C30H31N7O3S. The second kappa shape index (κ2) is 9.49. The summed E-state index contributed by atoms with van der Waals surface area (Å²) in [6, 6.07) is 18.3. The van der Waals surface area contributed by atoms with Gasteiger partial charge in [0.2, 0.25) is 5.03 Å². The van der Waals surface area contributed by atoms with Crippen molar-refractivity contribution in [3.8, 4) is 5.69 Å². The molecule has 7 rings (SSSR count). The second-order valence-electron chi connectivity index (χ2n) is 11.3. The predicted octanol–water partition coefficient (Wildman–Crippen LogP) is 3.53. The highest BCUT2D eigenvalue weighted by atomic mass is 32.2. The van der Waals surface area contributed by atoms with Crippen molar-refractivity contribution in [1.82, 2.24) is 33.6 Å². The van der Waals surface area contributed by atoms with Gasteiger partial charge in [0, 0.05) is 49.2 Å². The SMILES string of the molecule is Cc1cc2c(cnn2-c2ccc(=O)n(C3CC3)c2)cc1C1(Cc2ccccc2)CCN(S(=O)(=O)c2cnn(C)n2)C1. The number of benzene rings is 2.